The fraction of sp³-hybridized carbons (Fsp3) is 0.467. The highest BCUT2D eigenvalue weighted by Crippen LogP contribution is 2.49. The number of aromatic nitrogens is 2. The maximum atomic E-state index is 11.3. The fourth-order valence-corrected chi connectivity index (χ4v) is 4.90. The molecule has 2 aliphatic rings. The van der Waals surface area contributed by atoms with E-state index in [2.05, 4.69) is 21.0 Å². The lowest BCUT2D eigenvalue weighted by atomic mass is 9.77. The zero-order valence-corrected chi connectivity index (χ0v) is 11.8. The summed E-state index contributed by atoms with van der Waals surface area (Å²) in [6, 6.07) is 2.45. The van der Waals surface area contributed by atoms with Gasteiger partial charge in [-0.05, 0) is 36.6 Å². The molecule has 1 fully saturated rings. The molecule has 3 heterocycles. The van der Waals surface area contributed by atoms with E-state index in [1.807, 2.05) is 12.5 Å². The Hall–Kier alpha value is -1.62. The van der Waals surface area contributed by atoms with Gasteiger partial charge in [0.15, 0.2) is 0 Å². The smallest absolute Gasteiger partial charge is 0.306 e. The second-order valence-electron chi connectivity index (χ2n) is 5.79. The zero-order chi connectivity index (χ0) is 13.7. The topological polar surface area (TPSA) is 55.1 Å². The fourth-order valence-electron chi connectivity index (χ4n) is 3.80. The lowest BCUT2D eigenvalue weighted by molar-refractivity contribution is -0.143. The maximum Gasteiger partial charge on any atom is 0.306 e. The molecule has 104 valence electrons. The summed E-state index contributed by atoms with van der Waals surface area (Å²) in [6.07, 6.45) is 7.56. The molecule has 1 saturated carbocycles. The second kappa shape index (κ2) is 4.45. The van der Waals surface area contributed by atoms with Crippen molar-refractivity contribution in [3.63, 3.8) is 0 Å². The van der Waals surface area contributed by atoms with E-state index in [4.69, 9.17) is 0 Å². The van der Waals surface area contributed by atoms with Crippen molar-refractivity contribution in [2.24, 2.45) is 11.8 Å². The number of hydrogen-bond acceptors (Lipinski definition) is 3. The number of fused-ring (bicyclic) bond motifs is 3. The minimum absolute atomic E-state index is 0.176. The van der Waals surface area contributed by atoms with Gasteiger partial charge in [0, 0.05) is 10.4 Å². The van der Waals surface area contributed by atoms with Crippen LogP contribution in [0.15, 0.2) is 24.0 Å². The van der Waals surface area contributed by atoms with Gasteiger partial charge in [-0.25, -0.2) is 4.98 Å². The van der Waals surface area contributed by atoms with Crippen molar-refractivity contribution in [2.75, 3.05) is 0 Å². The highest BCUT2D eigenvalue weighted by Gasteiger charge is 2.39. The van der Waals surface area contributed by atoms with Crippen molar-refractivity contribution in [2.45, 2.75) is 31.7 Å². The molecule has 0 spiro atoms. The summed E-state index contributed by atoms with van der Waals surface area (Å²) in [7, 11) is 0. The number of hydrogen-bond donors (Lipinski definition) is 1. The molecular formula is C15H16N2O2S. The van der Waals surface area contributed by atoms with Gasteiger partial charge in [0.25, 0.3) is 0 Å². The van der Waals surface area contributed by atoms with E-state index < -0.39 is 5.97 Å². The Labute approximate surface area is 121 Å². The minimum atomic E-state index is -0.634. The van der Waals surface area contributed by atoms with Crippen LogP contribution in [0.2, 0.25) is 0 Å². The van der Waals surface area contributed by atoms with Crippen LogP contribution in [0.25, 0.3) is 11.3 Å². The Balaban J connectivity index is 1.71. The Kier molecular flexibility index (Phi) is 2.70. The quantitative estimate of drug-likeness (QED) is 0.921. The molecule has 3 atom stereocenters. The second-order valence-corrected chi connectivity index (χ2v) is 6.74. The molecule has 4 nitrogen and oxygen atoms in total. The van der Waals surface area contributed by atoms with Gasteiger partial charge in [-0.2, -0.15) is 0 Å². The molecule has 0 amide bonds. The number of rotatable bonds is 2. The number of carboxylic acid groups (broad SMARTS) is 1. The molecule has 1 aliphatic heterocycles. The van der Waals surface area contributed by atoms with Crippen molar-refractivity contribution in [3.05, 3.63) is 28.8 Å². The first-order valence-electron chi connectivity index (χ1n) is 7.08. The van der Waals surface area contributed by atoms with E-state index in [-0.39, 0.29) is 5.92 Å². The summed E-state index contributed by atoms with van der Waals surface area (Å²) in [4.78, 5) is 16.9. The molecule has 1 unspecified atom stereocenters. The summed E-state index contributed by atoms with van der Waals surface area (Å²) < 4.78 is 2.25. The monoisotopic (exact) mass is 288 g/mol. The Morgan fingerprint density at radius 3 is 3.20 bits per heavy atom. The number of carboxylic acids is 1. The molecule has 2 aromatic rings. The maximum absolute atomic E-state index is 11.3. The van der Waals surface area contributed by atoms with Crippen molar-refractivity contribution in [1.29, 1.82) is 0 Å². The van der Waals surface area contributed by atoms with Crippen LogP contribution in [0, 0.1) is 11.8 Å². The van der Waals surface area contributed by atoms with Gasteiger partial charge >= 0.3 is 5.97 Å². The van der Waals surface area contributed by atoms with Crippen molar-refractivity contribution in [1.82, 2.24) is 9.55 Å². The third-order valence-electron chi connectivity index (χ3n) is 4.72. The Bertz CT molecular complexity index is 620. The number of carbonyl (C=O) groups is 1. The molecular weight excluding hydrogens is 272 g/mol. The Morgan fingerprint density at radius 1 is 1.45 bits per heavy atom. The summed E-state index contributed by atoms with van der Waals surface area (Å²) in [5, 5.41) is 11.4. The van der Waals surface area contributed by atoms with Crippen LogP contribution in [0.3, 0.4) is 0 Å². The molecule has 1 N–H and O–H groups in total. The van der Waals surface area contributed by atoms with Crippen LogP contribution < -0.4 is 0 Å². The average molecular weight is 288 g/mol. The number of aliphatic carboxylic acids is 1. The largest absolute Gasteiger partial charge is 0.481 e. The van der Waals surface area contributed by atoms with Gasteiger partial charge < -0.3 is 9.67 Å². The summed E-state index contributed by atoms with van der Waals surface area (Å²) >= 11 is 1.79. The predicted molar refractivity (Wildman–Crippen MR) is 76.8 cm³/mol. The van der Waals surface area contributed by atoms with Crippen molar-refractivity contribution < 1.29 is 9.90 Å². The summed E-state index contributed by atoms with van der Waals surface area (Å²) in [5.41, 5.74) is 2.47. The third-order valence-corrected chi connectivity index (χ3v) is 5.70. The van der Waals surface area contributed by atoms with E-state index in [1.165, 1.54) is 16.1 Å². The average Bonchev–Trinajstić information content (AvgIpc) is 3.10. The van der Waals surface area contributed by atoms with Gasteiger partial charge in [-0.1, -0.05) is 6.42 Å². The molecule has 4 rings (SSSR count). The van der Waals surface area contributed by atoms with Crippen LogP contribution in [0.4, 0.5) is 0 Å². The number of nitrogens with zero attached hydrogens (tertiary/aromatic N) is 2. The standard InChI is InChI=1S/C15H16N2O2S/c18-15(19)10-3-1-2-9(6-10)13-14-11(4-5-20-14)12-7-16-8-17(12)13/h4-5,7-10,13H,1-3,6H2,(H,18,19)/t9?,10-,13+/m0/s1. The van der Waals surface area contributed by atoms with Crippen LogP contribution in [0.1, 0.15) is 36.6 Å². The highest BCUT2D eigenvalue weighted by molar-refractivity contribution is 7.10. The van der Waals surface area contributed by atoms with Crippen LogP contribution in [0.5, 0.6) is 0 Å². The van der Waals surface area contributed by atoms with Gasteiger partial charge in [0.1, 0.15) is 0 Å². The molecule has 0 aromatic carbocycles. The molecule has 0 saturated heterocycles. The summed E-state index contributed by atoms with van der Waals surface area (Å²) in [5.74, 6) is -0.396. The van der Waals surface area contributed by atoms with Crippen LogP contribution >= 0.6 is 11.3 Å². The van der Waals surface area contributed by atoms with E-state index in [1.54, 1.807) is 11.3 Å². The molecule has 2 aromatic heterocycles. The van der Waals surface area contributed by atoms with Gasteiger partial charge in [-0.3, -0.25) is 4.79 Å². The Morgan fingerprint density at radius 2 is 2.35 bits per heavy atom. The number of thiophene rings is 1. The molecule has 5 heteroatoms. The summed E-state index contributed by atoms with van der Waals surface area (Å²) in [6.45, 7) is 0. The zero-order valence-electron chi connectivity index (χ0n) is 11.0. The van der Waals surface area contributed by atoms with Crippen LogP contribution in [-0.4, -0.2) is 20.6 Å². The molecule has 20 heavy (non-hydrogen) atoms. The van der Waals surface area contributed by atoms with E-state index in [9.17, 15) is 9.90 Å². The SMILES string of the molecule is O=C(O)[C@H]1CCCC([C@@H]2c3sccc3-c3cncn32)C1. The molecule has 0 radical (unpaired) electrons. The number of imidazole rings is 1. The van der Waals surface area contributed by atoms with E-state index in [0.29, 0.717) is 12.0 Å². The van der Waals surface area contributed by atoms with Gasteiger partial charge in [0.2, 0.25) is 0 Å². The van der Waals surface area contributed by atoms with E-state index >= 15 is 0 Å². The third kappa shape index (κ3) is 1.66. The first-order valence-corrected chi connectivity index (χ1v) is 7.96. The first kappa shape index (κ1) is 12.1. The van der Waals surface area contributed by atoms with Gasteiger partial charge in [-0.15, -0.1) is 11.3 Å². The van der Waals surface area contributed by atoms with Crippen LogP contribution in [-0.2, 0) is 4.79 Å². The van der Waals surface area contributed by atoms with E-state index in [0.717, 1.165) is 25.7 Å². The predicted octanol–water partition coefficient (Wildman–Crippen LogP) is 3.41. The normalized spacial score (nSPS) is 28.1. The highest BCUT2D eigenvalue weighted by atomic mass is 32.1. The van der Waals surface area contributed by atoms with Crippen molar-refractivity contribution >= 4 is 17.3 Å². The molecule has 0 bridgehead atoms. The lowest BCUT2D eigenvalue weighted by Gasteiger charge is -2.31. The van der Waals surface area contributed by atoms with Crippen molar-refractivity contribution in [3.8, 4) is 11.3 Å². The lowest BCUT2D eigenvalue weighted by Crippen LogP contribution is -2.27. The molecule has 1 aliphatic carbocycles. The minimum Gasteiger partial charge on any atom is -0.481 e. The van der Waals surface area contributed by atoms with Gasteiger partial charge in [0.05, 0.1) is 30.2 Å². The first-order chi connectivity index (χ1) is 9.75.